The summed E-state index contributed by atoms with van der Waals surface area (Å²) < 4.78 is 17.2. The highest BCUT2D eigenvalue weighted by atomic mass is 16.5. The molecule has 3 aromatic carbocycles. The number of benzene rings is 3. The van der Waals surface area contributed by atoms with Gasteiger partial charge in [-0.3, -0.25) is 14.4 Å². The summed E-state index contributed by atoms with van der Waals surface area (Å²) in [5, 5.41) is 0. The minimum Gasteiger partial charge on any atom is -0.495 e. The van der Waals surface area contributed by atoms with Crippen LogP contribution in [0.5, 0.6) is 11.5 Å². The molecule has 1 aliphatic rings. The van der Waals surface area contributed by atoms with E-state index in [1.165, 1.54) is 12.0 Å². The first-order valence-electron chi connectivity index (χ1n) is 16.6. The first-order valence-corrected chi connectivity index (χ1v) is 16.6. The fraction of sp³-hybridized carbons (Fsp3) is 0.405. The van der Waals surface area contributed by atoms with Crippen molar-refractivity contribution in [3.8, 4) is 22.6 Å². The molecule has 260 valence electrons. The van der Waals surface area contributed by atoms with Gasteiger partial charge in [0, 0.05) is 57.9 Å². The van der Waals surface area contributed by atoms with Gasteiger partial charge < -0.3 is 39.6 Å². The Balaban J connectivity index is 1.32. The summed E-state index contributed by atoms with van der Waals surface area (Å²) in [6.45, 7) is 6.10. The van der Waals surface area contributed by atoms with Crippen LogP contribution in [0, 0.1) is 6.92 Å². The Kier molecular flexibility index (Phi) is 11.5. The number of carbonyl (C=O) groups is 3. The maximum atomic E-state index is 14.1. The van der Waals surface area contributed by atoms with Crippen LogP contribution in [0.1, 0.15) is 57.8 Å². The number of nitrogens with zero attached hydrogens (tertiary/aromatic N) is 4. The number of rotatable bonds is 14. The quantitative estimate of drug-likeness (QED) is 0.183. The number of aryl methyl sites for hydroxylation is 1. The molecule has 5 rings (SSSR count). The largest absolute Gasteiger partial charge is 0.495 e. The maximum absolute atomic E-state index is 14.1. The minimum atomic E-state index is -0.795. The van der Waals surface area contributed by atoms with Gasteiger partial charge in [0.1, 0.15) is 23.9 Å². The number of nitrogens with two attached hydrogens (primary N) is 1. The van der Waals surface area contributed by atoms with E-state index in [1.807, 2.05) is 48.2 Å². The highest BCUT2D eigenvalue weighted by Crippen LogP contribution is 2.39. The number of aromatic nitrogens is 2. The van der Waals surface area contributed by atoms with Crippen LogP contribution in [-0.2, 0) is 16.1 Å². The second-order valence-electron chi connectivity index (χ2n) is 12.4. The molecule has 49 heavy (non-hydrogen) atoms. The van der Waals surface area contributed by atoms with Gasteiger partial charge in [0.15, 0.2) is 0 Å². The number of primary amides is 1. The first-order chi connectivity index (χ1) is 23.6. The lowest BCUT2D eigenvalue weighted by Crippen LogP contribution is -2.47. The summed E-state index contributed by atoms with van der Waals surface area (Å²) in [6.07, 6.45) is 2.95. The van der Waals surface area contributed by atoms with Gasteiger partial charge in [0.25, 0.3) is 11.8 Å². The number of aromatic amines is 1. The Bertz CT molecular complexity index is 1810. The van der Waals surface area contributed by atoms with Crippen molar-refractivity contribution in [2.75, 3.05) is 66.0 Å². The summed E-state index contributed by atoms with van der Waals surface area (Å²) in [6, 6.07) is 14.6. The molecule has 12 heteroatoms. The van der Waals surface area contributed by atoms with E-state index in [0.717, 1.165) is 56.5 Å². The zero-order valence-corrected chi connectivity index (χ0v) is 29.0. The molecule has 1 saturated heterocycles. The summed E-state index contributed by atoms with van der Waals surface area (Å²) in [7, 11) is 6.75. The molecule has 0 bridgehead atoms. The molecule has 1 aliphatic heterocycles. The molecule has 4 aromatic rings. The number of anilines is 1. The lowest BCUT2D eigenvalue weighted by atomic mass is 9.95. The van der Waals surface area contributed by atoms with Gasteiger partial charge in [0.2, 0.25) is 5.91 Å². The van der Waals surface area contributed by atoms with Crippen molar-refractivity contribution in [3.05, 3.63) is 71.0 Å². The van der Waals surface area contributed by atoms with Crippen LogP contribution in [-0.4, -0.2) is 98.6 Å². The Morgan fingerprint density at radius 1 is 0.980 bits per heavy atom. The molecule has 0 aliphatic carbocycles. The molecule has 0 saturated carbocycles. The standard InChI is InChI=1S/C37H46N6O6/c1-24-13-16-29(30(22-24)49-21-8-6-7-12-32(44)43-19-17-41(2)18-20-43)42(3)37(46)27-15-14-26(35(48-5)33(27)36(38)45)25-10-9-11-28-34(25)40-31(39-28)23-47-4/h9-11,13-16,22H,6-8,12,17-21,23H2,1-5H3,(H2,38,45)(H,39,40). The van der Waals surface area contributed by atoms with E-state index < -0.39 is 11.8 Å². The minimum absolute atomic E-state index is 0.0257. The number of hydrogen-bond donors (Lipinski definition) is 2. The fourth-order valence-electron chi connectivity index (χ4n) is 6.19. The van der Waals surface area contributed by atoms with E-state index >= 15 is 0 Å². The number of nitrogens with one attached hydrogen (secondary N) is 1. The highest BCUT2D eigenvalue weighted by Gasteiger charge is 2.28. The SMILES string of the molecule is COCc1nc2c(-c3ccc(C(=O)N(C)c4ccc(C)cc4OCCCCCC(=O)N4CCN(C)CC4)c(C(N)=O)c3OC)cccc2[nH]1. The van der Waals surface area contributed by atoms with Crippen LogP contribution in [0.25, 0.3) is 22.2 Å². The predicted molar refractivity (Wildman–Crippen MR) is 189 cm³/mol. The zero-order chi connectivity index (χ0) is 35.1. The number of likely N-dealkylation sites (N-methyl/N-ethyl adjacent to an activating group) is 1. The van der Waals surface area contributed by atoms with Crippen LogP contribution in [0.3, 0.4) is 0 Å². The smallest absolute Gasteiger partial charge is 0.259 e. The lowest BCUT2D eigenvalue weighted by molar-refractivity contribution is -0.132. The van der Waals surface area contributed by atoms with Crippen LogP contribution >= 0.6 is 0 Å². The van der Waals surface area contributed by atoms with E-state index in [-0.39, 0.29) is 22.8 Å². The van der Waals surface area contributed by atoms with Gasteiger partial charge in [0.05, 0.1) is 41.6 Å². The lowest BCUT2D eigenvalue weighted by Gasteiger charge is -2.32. The average molecular weight is 671 g/mol. The van der Waals surface area contributed by atoms with Crippen molar-refractivity contribution in [3.63, 3.8) is 0 Å². The second-order valence-corrected chi connectivity index (χ2v) is 12.4. The molecule has 0 spiro atoms. The van der Waals surface area contributed by atoms with Crippen LogP contribution in [0.2, 0.25) is 0 Å². The molecule has 3 N–H and O–H groups in total. The summed E-state index contributed by atoms with van der Waals surface area (Å²) in [5.41, 5.74) is 10.2. The van der Waals surface area contributed by atoms with Gasteiger partial charge in [-0.2, -0.15) is 0 Å². The zero-order valence-electron chi connectivity index (χ0n) is 29.0. The van der Waals surface area contributed by atoms with E-state index in [9.17, 15) is 14.4 Å². The summed E-state index contributed by atoms with van der Waals surface area (Å²) in [4.78, 5) is 53.2. The molecule has 1 fully saturated rings. The number of H-pyrrole nitrogens is 1. The van der Waals surface area contributed by atoms with E-state index in [4.69, 9.17) is 19.9 Å². The summed E-state index contributed by atoms with van der Waals surface area (Å²) >= 11 is 0. The van der Waals surface area contributed by atoms with Crippen molar-refractivity contribution in [1.29, 1.82) is 0 Å². The number of para-hydroxylation sites is 1. The Hall–Kier alpha value is -4.94. The number of fused-ring (bicyclic) bond motifs is 1. The molecular weight excluding hydrogens is 624 g/mol. The van der Waals surface area contributed by atoms with Crippen molar-refractivity contribution < 1.29 is 28.6 Å². The molecule has 3 amide bonds. The number of piperazine rings is 1. The van der Waals surface area contributed by atoms with E-state index in [1.54, 1.807) is 26.3 Å². The van der Waals surface area contributed by atoms with Gasteiger partial charge >= 0.3 is 0 Å². The first kappa shape index (κ1) is 35.4. The Labute approximate surface area is 287 Å². The van der Waals surface area contributed by atoms with Gasteiger partial charge in [-0.15, -0.1) is 0 Å². The number of unbranched alkanes of at least 4 members (excludes halogenated alkanes) is 2. The third-order valence-corrected chi connectivity index (χ3v) is 8.90. The number of imidazole rings is 1. The van der Waals surface area contributed by atoms with E-state index in [2.05, 4.69) is 21.9 Å². The monoisotopic (exact) mass is 670 g/mol. The number of ether oxygens (including phenoxy) is 3. The third kappa shape index (κ3) is 8.03. The topological polar surface area (TPSA) is 143 Å². The van der Waals surface area contributed by atoms with Crippen LogP contribution in [0.4, 0.5) is 5.69 Å². The second kappa shape index (κ2) is 16.0. The van der Waals surface area contributed by atoms with Gasteiger partial charge in [-0.1, -0.05) is 18.2 Å². The number of methoxy groups -OCH3 is 2. The van der Waals surface area contributed by atoms with Crippen molar-refractivity contribution >= 4 is 34.4 Å². The van der Waals surface area contributed by atoms with Crippen LogP contribution < -0.4 is 20.1 Å². The van der Waals surface area contributed by atoms with Crippen molar-refractivity contribution in [2.24, 2.45) is 5.73 Å². The normalized spacial score (nSPS) is 13.4. The Morgan fingerprint density at radius 3 is 2.47 bits per heavy atom. The summed E-state index contributed by atoms with van der Waals surface area (Å²) in [5.74, 6) is 0.350. The van der Waals surface area contributed by atoms with E-state index in [0.29, 0.717) is 53.5 Å². The maximum Gasteiger partial charge on any atom is 0.259 e. The number of carbonyl (C=O) groups excluding carboxylic acids is 3. The fourth-order valence-corrected chi connectivity index (χ4v) is 6.19. The van der Waals surface area contributed by atoms with Gasteiger partial charge in [-0.05, 0) is 69.1 Å². The molecular formula is C37H46N6O6. The molecule has 1 aromatic heterocycles. The molecule has 0 unspecified atom stereocenters. The van der Waals surface area contributed by atoms with Crippen molar-refractivity contribution in [1.82, 2.24) is 19.8 Å². The molecule has 12 nitrogen and oxygen atoms in total. The molecule has 2 heterocycles. The van der Waals surface area contributed by atoms with Gasteiger partial charge in [-0.25, -0.2) is 4.98 Å². The Morgan fingerprint density at radius 2 is 1.76 bits per heavy atom. The predicted octanol–water partition coefficient (Wildman–Crippen LogP) is 4.78. The highest BCUT2D eigenvalue weighted by molar-refractivity contribution is 6.15. The van der Waals surface area contributed by atoms with Crippen molar-refractivity contribution in [2.45, 2.75) is 39.2 Å². The molecule has 0 atom stereocenters. The van der Waals surface area contributed by atoms with Crippen LogP contribution in [0.15, 0.2) is 48.5 Å². The third-order valence-electron chi connectivity index (χ3n) is 8.90. The number of amides is 3. The number of hydrogen-bond acceptors (Lipinski definition) is 8. The molecule has 0 radical (unpaired) electrons. The average Bonchev–Trinajstić information content (AvgIpc) is 3.51.